The van der Waals surface area contributed by atoms with E-state index >= 15 is 0 Å². The van der Waals surface area contributed by atoms with Gasteiger partial charge in [-0.2, -0.15) is 0 Å². The maximum atomic E-state index is 10.3. The molecule has 0 bridgehead atoms. The molecule has 5 heteroatoms. The van der Waals surface area contributed by atoms with Crippen LogP contribution < -0.4 is 0 Å². The number of hydrogen-bond donors (Lipinski definition) is 4. The molecular weight excluding hydrogens is 296 g/mol. The minimum absolute atomic E-state index is 0.226. The first-order valence-corrected chi connectivity index (χ1v) is 8.91. The monoisotopic (exact) mass is 330 g/mol. The maximum Gasteiger partial charge on any atom is 0.303 e. The second-order valence-electron chi connectivity index (χ2n) is 6.21. The molecule has 0 rings (SSSR count). The van der Waals surface area contributed by atoms with Crippen molar-refractivity contribution < 1.29 is 25.2 Å². The Kier molecular flexibility index (Phi) is 14.1. The van der Waals surface area contributed by atoms with Crippen LogP contribution in [-0.2, 0) is 4.79 Å². The molecule has 0 spiro atoms. The van der Waals surface area contributed by atoms with Crippen LogP contribution in [0, 0.1) is 0 Å². The smallest absolute Gasteiger partial charge is 0.303 e. The van der Waals surface area contributed by atoms with E-state index in [1.807, 2.05) is 0 Å². The van der Waals surface area contributed by atoms with E-state index in [1.165, 1.54) is 6.08 Å². The van der Waals surface area contributed by atoms with Gasteiger partial charge in [-0.3, -0.25) is 4.79 Å². The number of carbonyl (C=O) groups is 1. The van der Waals surface area contributed by atoms with E-state index in [4.69, 9.17) is 5.11 Å². The predicted octanol–water partition coefficient (Wildman–Crippen LogP) is 3.02. The van der Waals surface area contributed by atoms with E-state index in [0.717, 1.165) is 44.9 Å². The molecule has 0 aromatic rings. The van der Waals surface area contributed by atoms with Crippen molar-refractivity contribution in [1.29, 1.82) is 0 Å². The zero-order valence-electron chi connectivity index (χ0n) is 14.4. The minimum Gasteiger partial charge on any atom is -0.481 e. The van der Waals surface area contributed by atoms with E-state index < -0.39 is 24.3 Å². The fraction of sp³-hybridized carbons (Fsp3) is 0.833. The molecule has 136 valence electrons. The molecule has 0 aliphatic heterocycles. The van der Waals surface area contributed by atoms with Crippen LogP contribution in [0.25, 0.3) is 0 Å². The molecule has 0 unspecified atom stereocenters. The number of aliphatic hydroxyl groups excluding tert-OH is 3. The normalized spacial score (nSPS) is 15.7. The lowest BCUT2D eigenvalue weighted by Gasteiger charge is -2.14. The lowest BCUT2D eigenvalue weighted by Crippen LogP contribution is -2.24. The Morgan fingerprint density at radius 2 is 1.48 bits per heavy atom. The Balaban J connectivity index is 3.66. The fourth-order valence-corrected chi connectivity index (χ4v) is 2.40. The van der Waals surface area contributed by atoms with Crippen LogP contribution in [0.2, 0.25) is 0 Å². The van der Waals surface area contributed by atoms with Crippen LogP contribution in [0.5, 0.6) is 0 Å². The third kappa shape index (κ3) is 14.4. The van der Waals surface area contributed by atoms with Gasteiger partial charge in [0.15, 0.2) is 0 Å². The average Bonchev–Trinajstić information content (AvgIpc) is 2.51. The minimum atomic E-state index is -0.919. The molecule has 0 saturated heterocycles. The first-order chi connectivity index (χ1) is 11.0. The van der Waals surface area contributed by atoms with Gasteiger partial charge in [0.1, 0.15) is 0 Å². The van der Waals surface area contributed by atoms with Gasteiger partial charge in [0.25, 0.3) is 0 Å². The van der Waals surface area contributed by atoms with E-state index in [-0.39, 0.29) is 6.42 Å². The van der Waals surface area contributed by atoms with Crippen LogP contribution in [0.4, 0.5) is 0 Å². The summed E-state index contributed by atoms with van der Waals surface area (Å²) >= 11 is 0. The molecule has 3 atom stereocenters. The Morgan fingerprint density at radius 3 is 2.13 bits per heavy atom. The molecule has 0 aliphatic carbocycles. The third-order valence-corrected chi connectivity index (χ3v) is 3.92. The van der Waals surface area contributed by atoms with Gasteiger partial charge in [0.05, 0.1) is 18.3 Å². The first-order valence-electron chi connectivity index (χ1n) is 8.91. The average molecular weight is 330 g/mol. The van der Waals surface area contributed by atoms with Crippen LogP contribution in [-0.4, -0.2) is 44.7 Å². The molecule has 0 radical (unpaired) electrons. The van der Waals surface area contributed by atoms with E-state index in [2.05, 4.69) is 6.92 Å². The Bertz CT molecular complexity index is 317. The molecule has 0 heterocycles. The topological polar surface area (TPSA) is 98.0 Å². The number of carboxylic acid groups (broad SMARTS) is 1. The summed E-state index contributed by atoms with van der Waals surface area (Å²) < 4.78 is 0. The molecule has 0 aliphatic rings. The van der Waals surface area contributed by atoms with E-state index in [0.29, 0.717) is 19.3 Å². The van der Waals surface area contributed by atoms with Crippen molar-refractivity contribution in [2.24, 2.45) is 0 Å². The highest BCUT2D eigenvalue weighted by Crippen LogP contribution is 2.11. The number of carboxylic acids is 1. The Labute approximate surface area is 140 Å². The second kappa shape index (κ2) is 14.7. The summed E-state index contributed by atoms with van der Waals surface area (Å²) in [6.45, 7) is 2.09. The number of unbranched alkanes of at least 4 members (excludes halogenated alkanes) is 6. The van der Waals surface area contributed by atoms with Crippen molar-refractivity contribution in [2.75, 3.05) is 0 Å². The standard InChI is InChI=1S/C18H34O5/c1-2-3-7-11-16(20)17(21)14-13-15(19)10-8-5-4-6-9-12-18(22)23/h13-17,19-21H,2-12H2,1H3,(H,22,23)/b14-13+/t15-,16+,17-/m1/s1. The Morgan fingerprint density at radius 1 is 0.870 bits per heavy atom. The van der Waals surface area contributed by atoms with Gasteiger partial charge in [-0.15, -0.1) is 0 Å². The predicted molar refractivity (Wildman–Crippen MR) is 91.3 cm³/mol. The van der Waals surface area contributed by atoms with Gasteiger partial charge < -0.3 is 20.4 Å². The lowest BCUT2D eigenvalue weighted by atomic mass is 10.0. The Hall–Kier alpha value is -0.910. The highest BCUT2D eigenvalue weighted by Gasteiger charge is 2.12. The SMILES string of the molecule is CCCCC[C@H](O)[C@H](O)/C=C/[C@H](O)CCCCCCCC(=O)O. The van der Waals surface area contributed by atoms with Crippen LogP contribution in [0.3, 0.4) is 0 Å². The van der Waals surface area contributed by atoms with Crippen molar-refractivity contribution in [3.63, 3.8) is 0 Å². The zero-order chi connectivity index (χ0) is 17.5. The highest BCUT2D eigenvalue weighted by molar-refractivity contribution is 5.66. The molecule has 0 amide bonds. The molecule has 0 aromatic carbocycles. The summed E-state index contributed by atoms with van der Waals surface area (Å²) in [6, 6.07) is 0. The number of aliphatic hydroxyl groups is 3. The van der Waals surface area contributed by atoms with Crippen molar-refractivity contribution in [3.8, 4) is 0 Å². The number of aliphatic carboxylic acids is 1. The number of hydrogen-bond acceptors (Lipinski definition) is 4. The lowest BCUT2D eigenvalue weighted by molar-refractivity contribution is -0.137. The molecule has 4 N–H and O–H groups in total. The van der Waals surface area contributed by atoms with E-state index in [1.54, 1.807) is 6.08 Å². The summed E-state index contributed by atoms with van der Waals surface area (Å²) in [5, 5.41) is 37.9. The van der Waals surface area contributed by atoms with Crippen molar-refractivity contribution in [1.82, 2.24) is 0 Å². The summed E-state index contributed by atoms with van der Waals surface area (Å²) in [6.07, 6.45) is 9.60. The third-order valence-electron chi connectivity index (χ3n) is 3.92. The summed E-state index contributed by atoms with van der Waals surface area (Å²) in [5.41, 5.74) is 0. The molecule has 0 saturated carbocycles. The second-order valence-corrected chi connectivity index (χ2v) is 6.21. The van der Waals surface area contributed by atoms with Gasteiger partial charge in [0.2, 0.25) is 0 Å². The molecule has 23 heavy (non-hydrogen) atoms. The van der Waals surface area contributed by atoms with Crippen LogP contribution in [0.15, 0.2) is 12.2 Å². The van der Waals surface area contributed by atoms with Crippen molar-refractivity contribution >= 4 is 5.97 Å². The van der Waals surface area contributed by atoms with Gasteiger partial charge in [-0.05, 0) is 19.3 Å². The van der Waals surface area contributed by atoms with Gasteiger partial charge >= 0.3 is 5.97 Å². The van der Waals surface area contributed by atoms with Gasteiger partial charge in [-0.25, -0.2) is 0 Å². The van der Waals surface area contributed by atoms with E-state index in [9.17, 15) is 20.1 Å². The first kappa shape index (κ1) is 22.1. The molecular formula is C18H34O5. The molecule has 5 nitrogen and oxygen atoms in total. The largest absolute Gasteiger partial charge is 0.481 e. The fourth-order valence-electron chi connectivity index (χ4n) is 2.40. The summed E-state index contributed by atoms with van der Waals surface area (Å²) in [5.74, 6) is -0.749. The van der Waals surface area contributed by atoms with Crippen molar-refractivity contribution in [2.45, 2.75) is 95.9 Å². The summed E-state index contributed by atoms with van der Waals surface area (Å²) in [4.78, 5) is 10.3. The zero-order valence-corrected chi connectivity index (χ0v) is 14.4. The summed E-state index contributed by atoms with van der Waals surface area (Å²) in [7, 11) is 0. The highest BCUT2D eigenvalue weighted by atomic mass is 16.4. The van der Waals surface area contributed by atoms with Crippen LogP contribution in [0.1, 0.15) is 77.6 Å². The van der Waals surface area contributed by atoms with Gasteiger partial charge in [-0.1, -0.05) is 64.0 Å². The van der Waals surface area contributed by atoms with Crippen molar-refractivity contribution in [3.05, 3.63) is 12.2 Å². The number of rotatable bonds is 15. The quantitative estimate of drug-likeness (QED) is 0.273. The van der Waals surface area contributed by atoms with Gasteiger partial charge in [0, 0.05) is 6.42 Å². The molecule has 0 aromatic heterocycles. The molecule has 0 fully saturated rings. The maximum absolute atomic E-state index is 10.3. The van der Waals surface area contributed by atoms with Crippen LogP contribution >= 0.6 is 0 Å².